The second kappa shape index (κ2) is 5.46. The molecule has 72 valence electrons. The van der Waals surface area contributed by atoms with Gasteiger partial charge in [0.25, 0.3) is 0 Å². The number of hydrogen-bond acceptors (Lipinski definition) is 1. The molecule has 0 bridgehead atoms. The van der Waals surface area contributed by atoms with Crippen molar-refractivity contribution in [2.75, 3.05) is 0 Å². The van der Waals surface area contributed by atoms with E-state index in [1.165, 1.54) is 12.1 Å². The summed E-state index contributed by atoms with van der Waals surface area (Å²) in [5.74, 6) is -0.178. The Balaban J connectivity index is 0.000000226. The highest BCUT2D eigenvalue weighted by Crippen LogP contribution is 2.05. The van der Waals surface area contributed by atoms with Gasteiger partial charge in [0.1, 0.15) is 12.1 Å². The number of aldehydes is 1. The van der Waals surface area contributed by atoms with E-state index in [0.29, 0.717) is 0 Å². The Kier molecular flexibility index (Phi) is 4.97. The predicted molar refractivity (Wildman–Crippen MR) is 51.9 cm³/mol. The maximum Gasteiger partial charge on any atom is 0.125 e. The Hall–Kier alpha value is -1.18. The summed E-state index contributed by atoms with van der Waals surface area (Å²) in [5.41, 5.74) is -0.139. The highest BCUT2D eigenvalue weighted by molar-refractivity contribution is 5.56. The van der Waals surface area contributed by atoms with Gasteiger partial charge in [-0.25, -0.2) is 4.39 Å². The minimum absolute atomic E-state index is 0.139. The van der Waals surface area contributed by atoms with Gasteiger partial charge in [-0.15, -0.1) is 0 Å². The Morgan fingerprint density at radius 1 is 1.15 bits per heavy atom. The molecule has 0 aliphatic carbocycles. The smallest absolute Gasteiger partial charge is 0.125 e. The Labute approximate surface area is 78.6 Å². The van der Waals surface area contributed by atoms with E-state index in [1.54, 1.807) is 18.2 Å². The molecule has 1 aromatic carbocycles. The standard InChI is InChI=1S/C6H5F.C5H10O/c7-6-4-2-1-3-5-6;1-5(2,3)4-6/h1-5H;4H,1-3H3. The van der Waals surface area contributed by atoms with Crippen LogP contribution in [0.2, 0.25) is 0 Å². The lowest BCUT2D eigenvalue weighted by molar-refractivity contribution is -0.113. The molecule has 1 rings (SSSR count). The van der Waals surface area contributed by atoms with Crippen molar-refractivity contribution in [3.63, 3.8) is 0 Å². The van der Waals surface area contributed by atoms with Crippen LogP contribution >= 0.6 is 0 Å². The van der Waals surface area contributed by atoms with Crippen molar-refractivity contribution in [2.24, 2.45) is 5.41 Å². The Bertz CT molecular complexity index is 236. The largest absolute Gasteiger partial charge is 0.303 e. The number of carbonyl (C=O) groups excluding carboxylic acids is 1. The summed E-state index contributed by atoms with van der Waals surface area (Å²) in [7, 11) is 0. The topological polar surface area (TPSA) is 17.1 Å². The molecule has 0 saturated carbocycles. The van der Waals surface area contributed by atoms with Gasteiger partial charge in [-0.05, 0) is 12.1 Å². The first-order valence-corrected chi connectivity index (χ1v) is 4.12. The molecule has 1 aromatic rings. The van der Waals surface area contributed by atoms with Gasteiger partial charge < -0.3 is 4.79 Å². The number of carbonyl (C=O) groups is 1. The Morgan fingerprint density at radius 3 is 1.69 bits per heavy atom. The zero-order valence-electron chi connectivity index (χ0n) is 8.25. The fourth-order valence-corrected chi connectivity index (χ4v) is 0.415. The molecule has 0 aliphatic heterocycles. The molecule has 0 radical (unpaired) electrons. The third kappa shape index (κ3) is 8.73. The molecular weight excluding hydrogens is 167 g/mol. The minimum Gasteiger partial charge on any atom is -0.303 e. The molecular formula is C11H15FO. The van der Waals surface area contributed by atoms with E-state index >= 15 is 0 Å². The van der Waals surface area contributed by atoms with Gasteiger partial charge in [0, 0.05) is 5.41 Å². The van der Waals surface area contributed by atoms with Crippen LogP contribution in [0.1, 0.15) is 20.8 Å². The van der Waals surface area contributed by atoms with Crippen molar-refractivity contribution >= 4 is 6.29 Å². The van der Waals surface area contributed by atoms with Crippen molar-refractivity contribution in [1.29, 1.82) is 0 Å². The molecule has 0 saturated heterocycles. The van der Waals surface area contributed by atoms with Crippen LogP contribution < -0.4 is 0 Å². The lowest BCUT2D eigenvalue weighted by Crippen LogP contribution is -2.04. The first kappa shape index (κ1) is 11.8. The molecule has 0 fully saturated rings. The quantitative estimate of drug-likeness (QED) is 0.563. The highest BCUT2D eigenvalue weighted by atomic mass is 19.1. The van der Waals surface area contributed by atoms with Crippen molar-refractivity contribution < 1.29 is 9.18 Å². The molecule has 0 N–H and O–H groups in total. The SMILES string of the molecule is CC(C)(C)C=O.Fc1ccccc1. The van der Waals surface area contributed by atoms with Crippen molar-refractivity contribution in [3.05, 3.63) is 36.1 Å². The van der Waals surface area contributed by atoms with Gasteiger partial charge in [-0.1, -0.05) is 39.0 Å². The molecule has 0 amide bonds. The van der Waals surface area contributed by atoms with Crippen molar-refractivity contribution in [3.8, 4) is 0 Å². The van der Waals surface area contributed by atoms with Gasteiger partial charge in [0.2, 0.25) is 0 Å². The zero-order chi connectivity index (χ0) is 10.3. The number of benzene rings is 1. The van der Waals surface area contributed by atoms with E-state index in [-0.39, 0.29) is 11.2 Å². The average Bonchev–Trinajstić information content (AvgIpc) is 2.06. The summed E-state index contributed by atoms with van der Waals surface area (Å²) >= 11 is 0. The normalized spacial score (nSPS) is 9.85. The van der Waals surface area contributed by atoms with Crippen molar-refractivity contribution in [1.82, 2.24) is 0 Å². The van der Waals surface area contributed by atoms with Gasteiger partial charge >= 0.3 is 0 Å². The number of hydrogen-bond donors (Lipinski definition) is 0. The summed E-state index contributed by atoms with van der Waals surface area (Å²) in [4.78, 5) is 9.83. The van der Waals surface area contributed by atoms with Crippen LogP contribution in [0.25, 0.3) is 0 Å². The van der Waals surface area contributed by atoms with E-state index in [2.05, 4.69) is 0 Å². The fourth-order valence-electron chi connectivity index (χ4n) is 0.415. The van der Waals surface area contributed by atoms with E-state index in [4.69, 9.17) is 0 Å². The van der Waals surface area contributed by atoms with Gasteiger partial charge in [-0.3, -0.25) is 0 Å². The van der Waals surface area contributed by atoms with Crippen LogP contribution in [0.3, 0.4) is 0 Å². The summed E-state index contributed by atoms with van der Waals surface area (Å²) < 4.78 is 11.9. The Morgan fingerprint density at radius 2 is 1.54 bits per heavy atom. The zero-order valence-corrected chi connectivity index (χ0v) is 8.25. The lowest BCUT2D eigenvalue weighted by atomic mass is 10.0. The van der Waals surface area contributed by atoms with Crippen LogP contribution in [-0.2, 0) is 4.79 Å². The molecule has 2 heteroatoms. The molecule has 0 aromatic heterocycles. The van der Waals surface area contributed by atoms with Crippen LogP contribution in [0, 0.1) is 11.2 Å². The van der Waals surface area contributed by atoms with Crippen molar-refractivity contribution in [2.45, 2.75) is 20.8 Å². The number of halogens is 1. The maximum atomic E-state index is 11.9. The van der Waals surface area contributed by atoms with Gasteiger partial charge in [0.15, 0.2) is 0 Å². The van der Waals surface area contributed by atoms with E-state index < -0.39 is 0 Å². The summed E-state index contributed by atoms with van der Waals surface area (Å²) in [5, 5.41) is 0. The lowest BCUT2D eigenvalue weighted by Gasteiger charge is -2.03. The summed E-state index contributed by atoms with van der Waals surface area (Å²) in [6.45, 7) is 5.62. The minimum atomic E-state index is -0.178. The third-order valence-electron chi connectivity index (χ3n) is 1.09. The molecule has 0 unspecified atom stereocenters. The molecule has 0 aliphatic rings. The summed E-state index contributed by atoms with van der Waals surface area (Å²) in [6.07, 6.45) is 0.938. The fraction of sp³-hybridized carbons (Fsp3) is 0.364. The van der Waals surface area contributed by atoms with Crippen LogP contribution in [-0.4, -0.2) is 6.29 Å². The van der Waals surface area contributed by atoms with Crippen LogP contribution in [0.4, 0.5) is 4.39 Å². The first-order valence-electron chi connectivity index (χ1n) is 4.12. The van der Waals surface area contributed by atoms with Crippen LogP contribution in [0.5, 0.6) is 0 Å². The molecule has 13 heavy (non-hydrogen) atoms. The monoisotopic (exact) mass is 182 g/mol. The maximum absolute atomic E-state index is 11.9. The van der Waals surface area contributed by atoms with Gasteiger partial charge in [-0.2, -0.15) is 0 Å². The molecule has 0 heterocycles. The molecule has 0 atom stereocenters. The predicted octanol–water partition coefficient (Wildman–Crippen LogP) is 3.06. The highest BCUT2D eigenvalue weighted by Gasteiger charge is 2.04. The second-order valence-corrected chi connectivity index (χ2v) is 3.78. The third-order valence-corrected chi connectivity index (χ3v) is 1.09. The second-order valence-electron chi connectivity index (χ2n) is 3.78. The van der Waals surface area contributed by atoms with Gasteiger partial charge in [0.05, 0.1) is 0 Å². The molecule has 1 nitrogen and oxygen atoms in total. The van der Waals surface area contributed by atoms with E-state index in [1.807, 2.05) is 20.8 Å². The van der Waals surface area contributed by atoms with E-state index in [0.717, 1.165) is 6.29 Å². The van der Waals surface area contributed by atoms with E-state index in [9.17, 15) is 9.18 Å². The average molecular weight is 182 g/mol. The summed E-state index contributed by atoms with van der Waals surface area (Å²) in [6, 6.07) is 7.94. The first-order chi connectivity index (χ1) is 5.95. The molecule has 0 spiro atoms. The number of rotatable bonds is 0. The van der Waals surface area contributed by atoms with Crippen LogP contribution in [0.15, 0.2) is 30.3 Å².